The standard InChI is InChI=1S/C17H27O6P/c1-2-3-4-5-6-7-8-11-14-22-17(18)15-12-9-10-13-16(15)23-24(19,20)21/h9-10,12-13H,2-8,11,14H2,1H3,(H2,19,20,21). The number of ether oxygens (including phenoxy) is 1. The summed E-state index contributed by atoms with van der Waals surface area (Å²) in [6.07, 6.45) is 9.16. The topological polar surface area (TPSA) is 93.1 Å². The molecule has 0 heterocycles. The number of esters is 1. The Kier molecular flexibility index (Phi) is 9.69. The summed E-state index contributed by atoms with van der Waals surface area (Å²) in [5.41, 5.74) is 0.0143. The predicted molar refractivity (Wildman–Crippen MR) is 92.0 cm³/mol. The molecule has 0 radical (unpaired) electrons. The highest BCUT2D eigenvalue weighted by Gasteiger charge is 2.21. The normalized spacial score (nSPS) is 11.3. The van der Waals surface area contributed by atoms with E-state index < -0.39 is 13.8 Å². The van der Waals surface area contributed by atoms with Crippen LogP contribution in [0.25, 0.3) is 0 Å². The Labute approximate surface area is 143 Å². The summed E-state index contributed by atoms with van der Waals surface area (Å²) < 4.78 is 20.6. The van der Waals surface area contributed by atoms with Crippen LogP contribution in [0.2, 0.25) is 0 Å². The van der Waals surface area contributed by atoms with Gasteiger partial charge >= 0.3 is 13.8 Å². The van der Waals surface area contributed by atoms with Gasteiger partial charge in [-0.2, -0.15) is 0 Å². The van der Waals surface area contributed by atoms with Crippen molar-refractivity contribution in [3.05, 3.63) is 29.8 Å². The van der Waals surface area contributed by atoms with Crippen LogP contribution in [0.1, 0.15) is 68.6 Å². The minimum Gasteiger partial charge on any atom is -0.462 e. The van der Waals surface area contributed by atoms with E-state index in [4.69, 9.17) is 14.5 Å². The number of phosphoric ester groups is 1. The second kappa shape index (κ2) is 11.2. The average Bonchev–Trinajstić information content (AvgIpc) is 2.52. The first-order chi connectivity index (χ1) is 11.4. The summed E-state index contributed by atoms with van der Waals surface area (Å²) in [5.74, 6) is -0.811. The molecule has 0 aliphatic heterocycles. The molecule has 1 aromatic rings. The lowest BCUT2D eigenvalue weighted by Crippen LogP contribution is -2.08. The number of carbonyl (C=O) groups is 1. The molecule has 0 spiro atoms. The van der Waals surface area contributed by atoms with E-state index in [1.807, 2.05) is 0 Å². The highest BCUT2D eigenvalue weighted by molar-refractivity contribution is 7.46. The average molecular weight is 358 g/mol. The monoisotopic (exact) mass is 358 g/mol. The zero-order chi connectivity index (χ0) is 17.8. The van der Waals surface area contributed by atoms with Crippen LogP contribution in [0.4, 0.5) is 0 Å². The summed E-state index contributed by atoms with van der Waals surface area (Å²) in [6, 6.07) is 5.85. The molecular weight excluding hydrogens is 331 g/mol. The maximum atomic E-state index is 12.0. The SMILES string of the molecule is CCCCCCCCCCOC(=O)c1ccccc1OP(=O)(O)O. The molecule has 6 nitrogen and oxygen atoms in total. The van der Waals surface area contributed by atoms with Crippen LogP contribution in [0.5, 0.6) is 5.75 Å². The molecule has 0 saturated carbocycles. The number of para-hydroxylation sites is 1. The zero-order valence-electron chi connectivity index (χ0n) is 14.1. The van der Waals surface area contributed by atoms with Crippen LogP contribution in [0.3, 0.4) is 0 Å². The maximum absolute atomic E-state index is 12.0. The van der Waals surface area contributed by atoms with E-state index in [2.05, 4.69) is 11.4 Å². The summed E-state index contributed by atoms with van der Waals surface area (Å²) in [5, 5.41) is 0. The molecule has 0 aliphatic carbocycles. The van der Waals surface area contributed by atoms with Gasteiger partial charge in [0, 0.05) is 0 Å². The van der Waals surface area contributed by atoms with E-state index in [1.165, 1.54) is 50.3 Å². The van der Waals surface area contributed by atoms with Gasteiger partial charge in [0.15, 0.2) is 0 Å². The van der Waals surface area contributed by atoms with Crippen molar-refractivity contribution in [2.24, 2.45) is 0 Å². The van der Waals surface area contributed by atoms with Gasteiger partial charge < -0.3 is 9.26 Å². The van der Waals surface area contributed by atoms with Gasteiger partial charge in [-0.15, -0.1) is 0 Å². The molecular formula is C17H27O6P. The Hall–Kier alpha value is -1.36. The van der Waals surface area contributed by atoms with Gasteiger partial charge in [-0.25, -0.2) is 9.36 Å². The zero-order valence-corrected chi connectivity index (χ0v) is 15.0. The van der Waals surface area contributed by atoms with Crippen molar-refractivity contribution in [2.75, 3.05) is 6.61 Å². The fourth-order valence-corrected chi connectivity index (χ4v) is 2.74. The summed E-state index contributed by atoms with van der Waals surface area (Å²) in [4.78, 5) is 29.7. The summed E-state index contributed by atoms with van der Waals surface area (Å²) >= 11 is 0. The van der Waals surface area contributed by atoms with E-state index in [9.17, 15) is 9.36 Å². The second-order valence-corrected chi connectivity index (χ2v) is 6.85. The summed E-state index contributed by atoms with van der Waals surface area (Å²) in [6.45, 7) is 2.48. The third-order valence-corrected chi connectivity index (χ3v) is 3.99. The molecule has 0 aliphatic rings. The van der Waals surface area contributed by atoms with Gasteiger partial charge in [0.05, 0.1) is 6.61 Å². The quantitative estimate of drug-likeness (QED) is 0.326. The van der Waals surface area contributed by atoms with Crippen LogP contribution in [0, 0.1) is 0 Å². The smallest absolute Gasteiger partial charge is 0.462 e. The van der Waals surface area contributed by atoms with Crippen molar-refractivity contribution in [1.29, 1.82) is 0 Å². The van der Waals surface area contributed by atoms with Crippen LogP contribution >= 0.6 is 7.82 Å². The molecule has 1 rings (SSSR count). The van der Waals surface area contributed by atoms with Gasteiger partial charge in [0.1, 0.15) is 11.3 Å². The number of benzene rings is 1. The van der Waals surface area contributed by atoms with Crippen LogP contribution in [0.15, 0.2) is 24.3 Å². The van der Waals surface area contributed by atoms with E-state index in [1.54, 1.807) is 6.07 Å². The fourth-order valence-electron chi connectivity index (χ4n) is 2.32. The number of unbranched alkanes of at least 4 members (excludes halogenated alkanes) is 7. The molecule has 2 N–H and O–H groups in total. The largest absolute Gasteiger partial charge is 0.524 e. The minimum absolute atomic E-state index is 0.0143. The molecule has 0 atom stereocenters. The third kappa shape index (κ3) is 9.06. The summed E-state index contributed by atoms with van der Waals surface area (Å²) in [7, 11) is -4.71. The van der Waals surface area contributed by atoms with E-state index in [0.29, 0.717) is 0 Å². The Bertz CT molecular complexity index is 540. The van der Waals surface area contributed by atoms with Gasteiger partial charge in [-0.05, 0) is 18.6 Å². The van der Waals surface area contributed by atoms with Crippen molar-refractivity contribution >= 4 is 13.8 Å². The molecule has 0 unspecified atom stereocenters. The number of carbonyl (C=O) groups excluding carboxylic acids is 1. The van der Waals surface area contributed by atoms with Crippen molar-refractivity contribution in [1.82, 2.24) is 0 Å². The Balaban J connectivity index is 2.30. The molecule has 136 valence electrons. The van der Waals surface area contributed by atoms with E-state index in [0.717, 1.165) is 19.3 Å². The predicted octanol–water partition coefficient (Wildman–Crippen LogP) is 4.46. The van der Waals surface area contributed by atoms with Crippen molar-refractivity contribution in [3.8, 4) is 5.75 Å². The third-order valence-electron chi connectivity index (χ3n) is 3.56. The lowest BCUT2D eigenvalue weighted by atomic mass is 10.1. The Morgan fingerprint density at radius 2 is 1.58 bits per heavy atom. The van der Waals surface area contributed by atoms with Crippen molar-refractivity contribution in [2.45, 2.75) is 58.3 Å². The molecule has 0 amide bonds. The van der Waals surface area contributed by atoms with Gasteiger partial charge in [0.25, 0.3) is 0 Å². The van der Waals surface area contributed by atoms with E-state index >= 15 is 0 Å². The highest BCUT2D eigenvalue weighted by Crippen LogP contribution is 2.39. The lowest BCUT2D eigenvalue weighted by Gasteiger charge is -2.11. The number of hydrogen-bond acceptors (Lipinski definition) is 4. The molecule has 0 fully saturated rings. The molecule has 7 heteroatoms. The molecule has 0 bridgehead atoms. The van der Waals surface area contributed by atoms with Gasteiger partial charge in [-0.1, -0.05) is 64.0 Å². The van der Waals surface area contributed by atoms with Crippen molar-refractivity contribution in [3.63, 3.8) is 0 Å². The molecule has 0 saturated heterocycles. The Morgan fingerprint density at radius 3 is 2.21 bits per heavy atom. The maximum Gasteiger partial charge on any atom is 0.524 e. The Morgan fingerprint density at radius 1 is 1.00 bits per heavy atom. The van der Waals surface area contributed by atoms with Gasteiger partial charge in [0.2, 0.25) is 0 Å². The van der Waals surface area contributed by atoms with Crippen LogP contribution in [-0.2, 0) is 9.30 Å². The lowest BCUT2D eigenvalue weighted by molar-refractivity contribution is 0.0495. The molecule has 0 aromatic heterocycles. The highest BCUT2D eigenvalue weighted by atomic mass is 31.2. The van der Waals surface area contributed by atoms with Crippen LogP contribution < -0.4 is 4.52 Å². The fraction of sp³-hybridized carbons (Fsp3) is 0.588. The first-order valence-electron chi connectivity index (χ1n) is 8.45. The van der Waals surface area contributed by atoms with E-state index in [-0.39, 0.29) is 17.9 Å². The number of hydrogen-bond donors (Lipinski definition) is 2. The first-order valence-corrected chi connectivity index (χ1v) is 9.98. The molecule has 24 heavy (non-hydrogen) atoms. The van der Waals surface area contributed by atoms with Crippen LogP contribution in [-0.4, -0.2) is 22.4 Å². The first kappa shape index (κ1) is 20.7. The number of rotatable bonds is 12. The minimum atomic E-state index is -4.71. The number of phosphoric acid groups is 1. The van der Waals surface area contributed by atoms with Crippen molar-refractivity contribution < 1.29 is 28.4 Å². The molecule has 1 aromatic carbocycles. The van der Waals surface area contributed by atoms with Gasteiger partial charge in [-0.3, -0.25) is 9.79 Å². The second-order valence-electron chi connectivity index (χ2n) is 5.69.